The Kier molecular flexibility index (Phi) is 5.41. The van der Waals surface area contributed by atoms with Crippen LogP contribution in [0.5, 0.6) is 0 Å². The van der Waals surface area contributed by atoms with Crippen molar-refractivity contribution in [2.45, 2.75) is 38.6 Å². The molecule has 26 heavy (non-hydrogen) atoms. The Balaban J connectivity index is 1.50. The summed E-state index contributed by atoms with van der Waals surface area (Å²) in [5.41, 5.74) is 7.37. The van der Waals surface area contributed by atoms with Crippen molar-refractivity contribution < 1.29 is 19.5 Å². The van der Waals surface area contributed by atoms with Gasteiger partial charge < -0.3 is 15.8 Å². The fourth-order valence-electron chi connectivity index (χ4n) is 3.49. The summed E-state index contributed by atoms with van der Waals surface area (Å²) in [6.45, 7) is 2.03. The van der Waals surface area contributed by atoms with Crippen LogP contribution in [-0.2, 0) is 9.59 Å². The number of carboxylic acid groups (broad SMARTS) is 1. The molecule has 8 heteroatoms. The molecular weight excluding hydrogens is 336 g/mol. The molecule has 0 radical (unpaired) electrons. The Bertz CT molecular complexity index is 700. The fraction of sp³-hybridized carbons (Fsp3) is 0.500. The Morgan fingerprint density at radius 3 is 2.65 bits per heavy atom. The molecule has 8 nitrogen and oxygen atoms in total. The molecule has 4 N–H and O–H groups in total. The summed E-state index contributed by atoms with van der Waals surface area (Å²) in [6.07, 6.45) is 3.06. The number of hydrogen-bond acceptors (Lipinski definition) is 5. The zero-order valence-electron chi connectivity index (χ0n) is 14.7. The van der Waals surface area contributed by atoms with Gasteiger partial charge in [0.1, 0.15) is 6.04 Å². The lowest BCUT2D eigenvalue weighted by Crippen LogP contribution is -2.52. The van der Waals surface area contributed by atoms with Crippen LogP contribution >= 0.6 is 0 Å². The topological polar surface area (TPSA) is 111 Å². The molecule has 0 aromatic heterocycles. The number of aliphatic carboxylic acids is 1. The van der Waals surface area contributed by atoms with Gasteiger partial charge in [0.05, 0.1) is 11.3 Å². The minimum atomic E-state index is -1.03. The number of carboxylic acids is 1. The Morgan fingerprint density at radius 1 is 1.27 bits per heavy atom. The summed E-state index contributed by atoms with van der Waals surface area (Å²) in [5.74, 6) is -1.14. The van der Waals surface area contributed by atoms with Gasteiger partial charge in [-0.1, -0.05) is 12.1 Å². The molecule has 2 amide bonds. The fourth-order valence-corrected chi connectivity index (χ4v) is 3.49. The van der Waals surface area contributed by atoms with Crippen molar-refractivity contribution in [1.82, 2.24) is 15.9 Å². The molecule has 1 aliphatic carbocycles. The number of rotatable bonds is 5. The predicted octanol–water partition coefficient (Wildman–Crippen LogP) is 1.37. The average Bonchev–Trinajstić information content (AvgIpc) is 2.64. The molecule has 3 rings (SSSR count). The van der Waals surface area contributed by atoms with Crippen LogP contribution < -0.4 is 16.3 Å². The van der Waals surface area contributed by atoms with Crippen LogP contribution in [0.3, 0.4) is 0 Å². The maximum Gasteiger partial charge on any atom is 0.325 e. The van der Waals surface area contributed by atoms with Crippen molar-refractivity contribution in [1.29, 1.82) is 0 Å². The Labute approximate surface area is 151 Å². The second-order valence-corrected chi connectivity index (χ2v) is 6.98. The van der Waals surface area contributed by atoms with Crippen LogP contribution in [0.25, 0.3) is 0 Å². The number of benzene rings is 1. The number of nitrogens with one attached hydrogen (secondary N) is 3. The lowest BCUT2D eigenvalue weighted by atomic mass is 9.81. The second kappa shape index (κ2) is 7.74. The molecular formula is C18H24N4O4. The van der Waals surface area contributed by atoms with Gasteiger partial charge in [-0.2, -0.15) is 0 Å². The first-order chi connectivity index (χ1) is 12.5. The van der Waals surface area contributed by atoms with Gasteiger partial charge in [-0.25, -0.2) is 0 Å². The van der Waals surface area contributed by atoms with E-state index in [1.54, 1.807) is 11.1 Å². The second-order valence-electron chi connectivity index (χ2n) is 6.98. The van der Waals surface area contributed by atoms with E-state index in [9.17, 15) is 14.4 Å². The highest BCUT2D eigenvalue weighted by Gasteiger charge is 2.31. The number of carbonyl (C=O) groups excluding carboxylic acids is 2. The number of amides is 2. The Morgan fingerprint density at radius 2 is 1.96 bits per heavy atom. The van der Waals surface area contributed by atoms with Gasteiger partial charge in [0.2, 0.25) is 5.91 Å². The molecule has 1 saturated carbocycles. The standard InChI is InChI=1S/C18H24N4O4/c1-11(18(25)26)19-16(23)13-8-6-12(7-9-13)10-22-17(24)14-4-2-3-5-15(14)20-21-22/h2-5,11-13,20-21H,6-10H2,1H3,(H,19,23)(H,25,26)/t11-,12?,13?/m1/s1. The van der Waals surface area contributed by atoms with E-state index in [1.165, 1.54) is 6.92 Å². The third-order valence-corrected chi connectivity index (χ3v) is 5.12. The number of carbonyl (C=O) groups is 3. The Hall–Kier alpha value is -2.61. The number of hydrazine groups is 2. The van der Waals surface area contributed by atoms with Crippen molar-refractivity contribution in [3.8, 4) is 0 Å². The van der Waals surface area contributed by atoms with Crippen molar-refractivity contribution in [2.75, 3.05) is 12.0 Å². The van der Waals surface area contributed by atoms with Crippen LogP contribution in [0.15, 0.2) is 24.3 Å². The van der Waals surface area contributed by atoms with Crippen LogP contribution in [0.2, 0.25) is 0 Å². The van der Waals surface area contributed by atoms with Crippen molar-refractivity contribution >= 4 is 23.5 Å². The first kappa shape index (κ1) is 18.2. The first-order valence-corrected chi connectivity index (χ1v) is 8.91. The van der Waals surface area contributed by atoms with Crippen LogP contribution in [0, 0.1) is 11.8 Å². The number of anilines is 1. The quantitative estimate of drug-likeness (QED) is 0.631. The molecule has 0 unspecified atom stereocenters. The highest BCUT2D eigenvalue weighted by molar-refractivity contribution is 6.00. The number of nitrogens with zero attached hydrogens (tertiary/aromatic N) is 1. The molecule has 1 heterocycles. The highest BCUT2D eigenvalue weighted by atomic mass is 16.4. The smallest absolute Gasteiger partial charge is 0.325 e. The van der Waals surface area contributed by atoms with Gasteiger partial charge in [-0.15, -0.1) is 5.53 Å². The van der Waals surface area contributed by atoms with Gasteiger partial charge in [0.15, 0.2) is 0 Å². The lowest BCUT2D eigenvalue weighted by Gasteiger charge is -2.35. The van der Waals surface area contributed by atoms with Gasteiger partial charge in [-0.05, 0) is 50.7 Å². The van der Waals surface area contributed by atoms with Crippen molar-refractivity contribution in [2.24, 2.45) is 11.8 Å². The molecule has 0 bridgehead atoms. The van der Waals surface area contributed by atoms with E-state index in [0.29, 0.717) is 30.9 Å². The van der Waals surface area contributed by atoms with Gasteiger partial charge in [0.25, 0.3) is 5.91 Å². The van der Waals surface area contributed by atoms with E-state index in [0.717, 1.165) is 18.5 Å². The van der Waals surface area contributed by atoms with E-state index >= 15 is 0 Å². The third kappa shape index (κ3) is 3.96. The molecule has 2 aliphatic rings. The first-order valence-electron chi connectivity index (χ1n) is 8.91. The number of para-hydroxylation sites is 1. The highest BCUT2D eigenvalue weighted by Crippen LogP contribution is 2.30. The van der Waals surface area contributed by atoms with Crippen LogP contribution in [-0.4, -0.2) is 40.5 Å². The SMILES string of the molecule is C[C@@H](NC(=O)C1CCC(CN2NNc3ccccc3C2=O)CC1)C(=O)O. The number of hydrogen-bond donors (Lipinski definition) is 4. The van der Waals surface area contributed by atoms with Gasteiger partial charge in [0, 0.05) is 12.5 Å². The maximum atomic E-state index is 12.6. The summed E-state index contributed by atoms with van der Waals surface area (Å²) in [6, 6.07) is 6.47. The van der Waals surface area contributed by atoms with Crippen LogP contribution in [0.4, 0.5) is 5.69 Å². The molecule has 1 fully saturated rings. The summed E-state index contributed by atoms with van der Waals surface area (Å²) in [4.78, 5) is 35.5. The van der Waals surface area contributed by atoms with Crippen molar-refractivity contribution in [3.63, 3.8) is 0 Å². The molecule has 0 saturated heterocycles. The number of fused-ring (bicyclic) bond motifs is 1. The molecule has 140 valence electrons. The molecule has 1 aliphatic heterocycles. The molecule has 1 aromatic carbocycles. The van der Waals surface area contributed by atoms with Gasteiger partial charge in [-0.3, -0.25) is 19.4 Å². The summed E-state index contributed by atoms with van der Waals surface area (Å²) in [5, 5.41) is 13.0. The maximum absolute atomic E-state index is 12.6. The average molecular weight is 360 g/mol. The normalized spacial score (nSPS) is 23.6. The lowest BCUT2D eigenvalue weighted by molar-refractivity contribution is -0.142. The molecule has 1 aromatic rings. The van der Waals surface area contributed by atoms with E-state index in [1.807, 2.05) is 18.2 Å². The van der Waals surface area contributed by atoms with E-state index in [2.05, 4.69) is 16.3 Å². The van der Waals surface area contributed by atoms with Crippen molar-refractivity contribution in [3.05, 3.63) is 29.8 Å². The van der Waals surface area contributed by atoms with E-state index in [4.69, 9.17) is 5.11 Å². The summed E-state index contributed by atoms with van der Waals surface area (Å²) in [7, 11) is 0. The molecule has 1 atom stereocenters. The monoisotopic (exact) mass is 360 g/mol. The zero-order chi connectivity index (χ0) is 18.7. The zero-order valence-corrected chi connectivity index (χ0v) is 14.7. The van der Waals surface area contributed by atoms with Crippen LogP contribution in [0.1, 0.15) is 43.0 Å². The molecule has 0 spiro atoms. The van der Waals surface area contributed by atoms with E-state index in [-0.39, 0.29) is 17.7 Å². The van der Waals surface area contributed by atoms with E-state index < -0.39 is 12.0 Å². The third-order valence-electron chi connectivity index (χ3n) is 5.12. The summed E-state index contributed by atoms with van der Waals surface area (Å²) < 4.78 is 0. The predicted molar refractivity (Wildman–Crippen MR) is 94.9 cm³/mol. The van der Waals surface area contributed by atoms with Gasteiger partial charge >= 0.3 is 5.97 Å². The minimum absolute atomic E-state index is 0.0606. The largest absolute Gasteiger partial charge is 0.480 e. The minimum Gasteiger partial charge on any atom is -0.480 e. The summed E-state index contributed by atoms with van der Waals surface area (Å²) >= 11 is 0.